The number of rotatable bonds is 5. The van der Waals surface area contributed by atoms with Gasteiger partial charge in [0.15, 0.2) is 17.5 Å². The maximum absolute atomic E-state index is 13.2. The molecule has 0 aliphatic heterocycles. The molecule has 0 saturated heterocycles. The van der Waals surface area contributed by atoms with Crippen LogP contribution in [0.4, 0.5) is 18.9 Å². The molecule has 2 N–H and O–H groups in total. The Balaban J connectivity index is 2.58. The van der Waals surface area contributed by atoms with Gasteiger partial charge in [-0.05, 0) is 18.4 Å². The lowest BCUT2D eigenvalue weighted by Gasteiger charge is -2.08. The number of carbonyl (C=O) groups excluding carboxylic acids is 2. The number of anilines is 1. The fraction of sp³-hybridized carbons (Fsp3) is 0.273. The van der Waals surface area contributed by atoms with Gasteiger partial charge in [-0.1, -0.05) is 0 Å². The largest absolute Gasteiger partial charge is 0.346 e. The van der Waals surface area contributed by atoms with Crippen molar-refractivity contribution in [2.45, 2.75) is 0 Å². The molecule has 0 fully saturated rings. The Hall–Kier alpha value is -1.70. The number of carbonyl (C=O) groups is 2. The van der Waals surface area contributed by atoms with Gasteiger partial charge in [-0.15, -0.1) is 0 Å². The maximum atomic E-state index is 13.2. The van der Waals surface area contributed by atoms with Gasteiger partial charge in [0.2, 0.25) is 11.8 Å². The summed E-state index contributed by atoms with van der Waals surface area (Å²) in [5, 5.41) is 4.32. The van der Waals surface area contributed by atoms with Crippen LogP contribution in [-0.4, -0.2) is 30.4 Å². The molecule has 0 aliphatic rings. The third-order valence-electron chi connectivity index (χ3n) is 2.03. The third-order valence-corrected chi connectivity index (χ3v) is 2.58. The summed E-state index contributed by atoms with van der Waals surface area (Å²) in [6.07, 6.45) is 1.72. The lowest BCUT2D eigenvalue weighted by Crippen LogP contribution is -2.34. The predicted molar refractivity (Wildman–Crippen MR) is 66.3 cm³/mol. The van der Waals surface area contributed by atoms with E-state index in [2.05, 4.69) is 5.32 Å². The van der Waals surface area contributed by atoms with Crippen LogP contribution >= 0.6 is 11.8 Å². The van der Waals surface area contributed by atoms with Gasteiger partial charge in [0.05, 0.1) is 18.0 Å². The van der Waals surface area contributed by atoms with Crippen molar-refractivity contribution in [3.8, 4) is 0 Å². The van der Waals surface area contributed by atoms with Crippen LogP contribution in [0, 0.1) is 17.5 Å². The molecule has 0 radical (unpaired) electrons. The summed E-state index contributed by atoms with van der Waals surface area (Å²) < 4.78 is 38.8. The topological polar surface area (TPSA) is 58.2 Å². The van der Waals surface area contributed by atoms with Crippen molar-refractivity contribution in [3.05, 3.63) is 29.6 Å². The minimum atomic E-state index is -1.66. The first-order chi connectivity index (χ1) is 8.95. The highest BCUT2D eigenvalue weighted by Crippen LogP contribution is 2.19. The van der Waals surface area contributed by atoms with Crippen LogP contribution in [0.2, 0.25) is 0 Å². The Kier molecular flexibility index (Phi) is 5.68. The normalized spacial score (nSPS) is 10.1. The summed E-state index contributed by atoms with van der Waals surface area (Å²) in [6, 6.07) is 1.59. The first-order valence-electron chi connectivity index (χ1n) is 5.14. The molecule has 2 amide bonds. The van der Waals surface area contributed by atoms with Crippen LogP contribution in [0.1, 0.15) is 0 Å². The van der Waals surface area contributed by atoms with Crippen LogP contribution in [0.15, 0.2) is 12.1 Å². The summed E-state index contributed by atoms with van der Waals surface area (Å²) in [4.78, 5) is 22.4. The van der Waals surface area contributed by atoms with Crippen molar-refractivity contribution in [2.24, 2.45) is 0 Å². The summed E-state index contributed by atoms with van der Waals surface area (Å²) in [7, 11) is 0. The maximum Gasteiger partial charge on any atom is 0.243 e. The van der Waals surface area contributed by atoms with Gasteiger partial charge >= 0.3 is 0 Å². The van der Waals surface area contributed by atoms with Crippen molar-refractivity contribution in [3.63, 3.8) is 0 Å². The van der Waals surface area contributed by atoms with Crippen molar-refractivity contribution < 1.29 is 22.8 Å². The molecule has 8 heteroatoms. The van der Waals surface area contributed by atoms with E-state index in [0.29, 0.717) is 6.07 Å². The zero-order chi connectivity index (χ0) is 14.4. The molecule has 0 saturated carbocycles. The molecule has 0 aliphatic carbocycles. The second-order valence-electron chi connectivity index (χ2n) is 3.48. The van der Waals surface area contributed by atoms with E-state index in [0.717, 1.165) is 6.07 Å². The van der Waals surface area contributed by atoms with Crippen LogP contribution in [0.5, 0.6) is 0 Å². The summed E-state index contributed by atoms with van der Waals surface area (Å²) in [5.74, 6) is -5.39. The molecule has 0 aromatic heterocycles. The van der Waals surface area contributed by atoms with E-state index in [1.54, 1.807) is 6.26 Å². The van der Waals surface area contributed by atoms with E-state index >= 15 is 0 Å². The number of amides is 2. The Bertz CT molecular complexity index is 497. The van der Waals surface area contributed by atoms with E-state index in [9.17, 15) is 22.8 Å². The number of thioether (sulfide) groups is 1. The minimum Gasteiger partial charge on any atom is -0.346 e. The quantitative estimate of drug-likeness (QED) is 0.809. The molecular formula is C11H11F3N2O2S. The molecule has 104 valence electrons. The van der Waals surface area contributed by atoms with Gasteiger partial charge in [0.25, 0.3) is 0 Å². The Labute approximate surface area is 111 Å². The van der Waals surface area contributed by atoms with Gasteiger partial charge in [0.1, 0.15) is 0 Å². The van der Waals surface area contributed by atoms with Crippen LogP contribution in [-0.2, 0) is 9.59 Å². The predicted octanol–water partition coefficient (Wildman–Crippen LogP) is 1.52. The fourth-order valence-corrected chi connectivity index (χ4v) is 1.54. The van der Waals surface area contributed by atoms with E-state index in [1.807, 2.05) is 5.32 Å². The van der Waals surface area contributed by atoms with Crippen LogP contribution in [0.3, 0.4) is 0 Å². The fourth-order valence-electron chi connectivity index (χ4n) is 1.18. The lowest BCUT2D eigenvalue weighted by atomic mass is 10.2. The Morgan fingerprint density at radius 3 is 2.47 bits per heavy atom. The van der Waals surface area contributed by atoms with Crippen molar-refractivity contribution in [2.75, 3.05) is 23.9 Å². The number of halogens is 3. The lowest BCUT2D eigenvalue weighted by molar-refractivity contribution is -0.122. The minimum absolute atomic E-state index is 0.187. The van der Waals surface area contributed by atoms with Crippen molar-refractivity contribution in [1.29, 1.82) is 0 Å². The average Bonchev–Trinajstić information content (AvgIpc) is 2.37. The number of hydrogen-bond donors (Lipinski definition) is 2. The van der Waals surface area contributed by atoms with Gasteiger partial charge in [-0.2, -0.15) is 11.8 Å². The highest BCUT2D eigenvalue weighted by Gasteiger charge is 2.15. The molecule has 4 nitrogen and oxygen atoms in total. The average molecular weight is 292 g/mol. The second-order valence-corrected chi connectivity index (χ2v) is 4.35. The van der Waals surface area contributed by atoms with Gasteiger partial charge < -0.3 is 10.6 Å². The molecule has 19 heavy (non-hydrogen) atoms. The second kappa shape index (κ2) is 7.03. The van der Waals surface area contributed by atoms with E-state index in [4.69, 9.17) is 0 Å². The number of nitrogens with one attached hydrogen (secondary N) is 2. The highest BCUT2D eigenvalue weighted by atomic mass is 32.2. The standard InChI is InChI=1S/C11H11F3N2O2S/c1-19-5-9(18)15-4-8(17)16-7-3-2-6(12)10(13)11(7)14/h2-3H,4-5H2,1H3,(H,15,18)(H,16,17). The first-order valence-corrected chi connectivity index (χ1v) is 6.54. The third kappa shape index (κ3) is 4.47. The highest BCUT2D eigenvalue weighted by molar-refractivity contribution is 7.99. The smallest absolute Gasteiger partial charge is 0.243 e. The van der Waals surface area contributed by atoms with E-state index < -0.39 is 29.0 Å². The van der Waals surface area contributed by atoms with Gasteiger partial charge in [-0.25, -0.2) is 13.2 Å². The summed E-state index contributed by atoms with van der Waals surface area (Å²) in [5.41, 5.74) is -0.483. The molecule has 0 spiro atoms. The van der Waals surface area contributed by atoms with Gasteiger partial charge in [-0.3, -0.25) is 9.59 Å². The number of hydrogen-bond acceptors (Lipinski definition) is 3. The zero-order valence-corrected chi connectivity index (χ0v) is 10.7. The molecule has 1 rings (SSSR count). The van der Waals surface area contributed by atoms with Crippen molar-refractivity contribution in [1.82, 2.24) is 5.32 Å². The molecule has 1 aromatic carbocycles. The monoisotopic (exact) mass is 292 g/mol. The SMILES string of the molecule is CSCC(=O)NCC(=O)Nc1ccc(F)c(F)c1F. The van der Waals surface area contributed by atoms with Crippen molar-refractivity contribution >= 4 is 29.3 Å². The summed E-state index contributed by atoms with van der Waals surface area (Å²) >= 11 is 1.28. The molecule has 1 aromatic rings. The Morgan fingerprint density at radius 1 is 1.16 bits per heavy atom. The molecule has 0 unspecified atom stereocenters. The molecule has 0 bridgehead atoms. The molecule has 0 atom stereocenters. The van der Waals surface area contributed by atoms with E-state index in [-0.39, 0.29) is 18.2 Å². The molecular weight excluding hydrogens is 281 g/mol. The Morgan fingerprint density at radius 2 is 1.84 bits per heavy atom. The molecule has 0 heterocycles. The summed E-state index contributed by atoms with van der Waals surface area (Å²) in [6.45, 7) is -0.377. The van der Waals surface area contributed by atoms with E-state index in [1.165, 1.54) is 11.8 Å². The van der Waals surface area contributed by atoms with Crippen LogP contribution in [0.25, 0.3) is 0 Å². The first kappa shape index (κ1) is 15.4. The number of benzene rings is 1. The van der Waals surface area contributed by atoms with Crippen LogP contribution < -0.4 is 10.6 Å². The van der Waals surface area contributed by atoms with Gasteiger partial charge in [0, 0.05) is 0 Å². The zero-order valence-electron chi connectivity index (χ0n) is 9.93.